The number of ether oxygens (including phenoxy) is 1. The summed E-state index contributed by atoms with van der Waals surface area (Å²) in [7, 11) is 0. The Hall–Kier alpha value is -4.17. The quantitative estimate of drug-likeness (QED) is 0.156. The molecule has 44 heavy (non-hydrogen) atoms. The van der Waals surface area contributed by atoms with Crippen LogP contribution in [0.3, 0.4) is 0 Å². The van der Waals surface area contributed by atoms with Crippen LogP contribution in [0.4, 0.5) is 5.69 Å². The average Bonchev–Trinajstić information content (AvgIpc) is 3.04. The molecule has 8 nitrogen and oxygen atoms in total. The van der Waals surface area contributed by atoms with Crippen LogP contribution in [0.2, 0.25) is 0 Å². The summed E-state index contributed by atoms with van der Waals surface area (Å²) in [5.74, 6) is -0.646. The highest BCUT2D eigenvalue weighted by Gasteiger charge is 2.16. The minimum atomic E-state index is -0.936. The molecule has 0 radical (unpaired) electrons. The number of pyridine rings is 1. The van der Waals surface area contributed by atoms with Crippen molar-refractivity contribution in [1.29, 1.82) is 0 Å². The van der Waals surface area contributed by atoms with Gasteiger partial charge < -0.3 is 19.8 Å². The Balaban J connectivity index is 1.22. The predicted octanol–water partition coefficient (Wildman–Crippen LogP) is 6.67. The molecule has 1 saturated heterocycles. The summed E-state index contributed by atoms with van der Waals surface area (Å²) >= 11 is 0. The molecule has 1 unspecified atom stereocenters. The van der Waals surface area contributed by atoms with E-state index in [1.807, 2.05) is 42.7 Å². The number of nitrogens with zero attached hydrogens (tertiary/aromatic N) is 3. The molecule has 0 amide bonds. The molecule has 2 heterocycles. The molecule has 3 aromatic rings. The van der Waals surface area contributed by atoms with Crippen LogP contribution in [0.1, 0.15) is 66.4 Å². The Labute approximate surface area is 261 Å². The van der Waals surface area contributed by atoms with Gasteiger partial charge in [-0.1, -0.05) is 48.9 Å². The van der Waals surface area contributed by atoms with Gasteiger partial charge in [-0.3, -0.25) is 14.7 Å². The first-order valence-electron chi connectivity index (χ1n) is 15.8. The second-order valence-corrected chi connectivity index (χ2v) is 11.4. The highest BCUT2D eigenvalue weighted by Crippen LogP contribution is 2.24. The van der Waals surface area contributed by atoms with E-state index >= 15 is 0 Å². The standard InChI is InChI=1S/C36H45N3O5/c40-35(41)11-5-2-8-29(28-30-13-16-32(17-14-30)36(42)43)12-15-31-9-3-4-10-34(31)44-27-7-1-6-22-38-23-25-39(26-24-38)33-18-20-37-21-19-33/h3-4,9-10,12-21,29H,1-2,5-8,11,22-28H2,(H,40,41)(H,42,43)/b15-12+. The van der Waals surface area contributed by atoms with E-state index in [1.165, 1.54) is 5.69 Å². The summed E-state index contributed by atoms with van der Waals surface area (Å²) in [4.78, 5) is 31.3. The summed E-state index contributed by atoms with van der Waals surface area (Å²) in [6, 6.07) is 19.2. The number of unbranched alkanes of at least 4 members (excludes halogenated alkanes) is 3. The van der Waals surface area contributed by atoms with Gasteiger partial charge in [0, 0.05) is 56.2 Å². The first-order chi connectivity index (χ1) is 21.5. The summed E-state index contributed by atoms with van der Waals surface area (Å²) in [5.41, 5.74) is 3.61. The number of aliphatic carboxylic acids is 1. The maximum absolute atomic E-state index is 11.2. The molecular formula is C36H45N3O5. The smallest absolute Gasteiger partial charge is 0.335 e. The molecule has 234 valence electrons. The molecule has 1 aliphatic heterocycles. The molecule has 0 bridgehead atoms. The third kappa shape index (κ3) is 11.2. The number of benzene rings is 2. The topological polar surface area (TPSA) is 103 Å². The van der Waals surface area contributed by atoms with E-state index in [2.05, 4.69) is 45.1 Å². The van der Waals surface area contributed by atoms with Gasteiger partial charge in [0.25, 0.3) is 0 Å². The number of aromatic nitrogens is 1. The number of carboxylic acid groups (broad SMARTS) is 2. The third-order valence-electron chi connectivity index (χ3n) is 8.16. The predicted molar refractivity (Wildman–Crippen MR) is 174 cm³/mol. The molecule has 1 fully saturated rings. The average molecular weight is 600 g/mol. The van der Waals surface area contributed by atoms with Gasteiger partial charge in [-0.2, -0.15) is 0 Å². The van der Waals surface area contributed by atoms with Crippen molar-refractivity contribution in [3.63, 3.8) is 0 Å². The zero-order chi connectivity index (χ0) is 31.0. The molecular weight excluding hydrogens is 554 g/mol. The number of rotatable bonds is 18. The van der Waals surface area contributed by atoms with Gasteiger partial charge in [-0.15, -0.1) is 0 Å². The molecule has 0 saturated carbocycles. The fourth-order valence-corrected chi connectivity index (χ4v) is 5.61. The number of allylic oxidation sites excluding steroid dienone is 1. The summed E-state index contributed by atoms with van der Waals surface area (Å²) in [5, 5.41) is 18.2. The van der Waals surface area contributed by atoms with Crippen LogP contribution in [-0.4, -0.2) is 71.4 Å². The van der Waals surface area contributed by atoms with Crippen LogP contribution in [-0.2, 0) is 11.2 Å². The molecule has 0 aliphatic carbocycles. The van der Waals surface area contributed by atoms with Gasteiger partial charge in [0.2, 0.25) is 0 Å². The lowest BCUT2D eigenvalue weighted by atomic mass is 9.92. The van der Waals surface area contributed by atoms with Gasteiger partial charge in [0.1, 0.15) is 5.75 Å². The Morgan fingerprint density at radius 1 is 0.864 bits per heavy atom. The SMILES string of the molecule is O=C(O)CCCCC(/C=C/c1ccccc1OCCCCCN1CCN(c2ccncc2)CC1)Cc1ccc(C(=O)O)cc1. The van der Waals surface area contributed by atoms with Crippen LogP contribution in [0, 0.1) is 5.92 Å². The van der Waals surface area contributed by atoms with Gasteiger partial charge in [0.15, 0.2) is 0 Å². The normalized spacial score (nSPS) is 14.5. The van der Waals surface area contributed by atoms with Crippen LogP contribution in [0.15, 0.2) is 79.1 Å². The minimum absolute atomic E-state index is 0.170. The van der Waals surface area contributed by atoms with Crippen molar-refractivity contribution in [3.8, 4) is 5.75 Å². The molecule has 2 aromatic carbocycles. The molecule has 4 rings (SSSR count). The third-order valence-corrected chi connectivity index (χ3v) is 8.16. The summed E-state index contributed by atoms with van der Waals surface area (Å²) in [6.45, 7) is 6.08. The molecule has 1 atom stereocenters. The zero-order valence-corrected chi connectivity index (χ0v) is 25.5. The lowest BCUT2D eigenvalue weighted by molar-refractivity contribution is -0.137. The first kappa shape index (κ1) is 32.7. The van der Waals surface area contributed by atoms with Crippen LogP contribution in [0.25, 0.3) is 6.08 Å². The molecule has 2 N–H and O–H groups in total. The second-order valence-electron chi connectivity index (χ2n) is 11.4. The highest BCUT2D eigenvalue weighted by molar-refractivity contribution is 5.87. The Morgan fingerprint density at radius 2 is 1.61 bits per heavy atom. The number of piperazine rings is 1. The van der Waals surface area contributed by atoms with Crippen molar-refractivity contribution in [1.82, 2.24) is 9.88 Å². The maximum Gasteiger partial charge on any atom is 0.335 e. The lowest BCUT2D eigenvalue weighted by Crippen LogP contribution is -2.46. The van der Waals surface area contributed by atoms with Crippen molar-refractivity contribution in [2.75, 3.05) is 44.2 Å². The fraction of sp³-hybridized carbons (Fsp3) is 0.417. The van der Waals surface area contributed by atoms with Crippen molar-refractivity contribution < 1.29 is 24.5 Å². The zero-order valence-electron chi connectivity index (χ0n) is 25.5. The van der Waals surface area contributed by atoms with Crippen molar-refractivity contribution in [2.45, 2.75) is 51.4 Å². The van der Waals surface area contributed by atoms with Gasteiger partial charge in [-0.25, -0.2) is 4.79 Å². The van der Waals surface area contributed by atoms with Crippen molar-refractivity contribution in [2.24, 2.45) is 5.92 Å². The van der Waals surface area contributed by atoms with Gasteiger partial charge >= 0.3 is 11.9 Å². The molecule has 1 aliphatic rings. The lowest BCUT2D eigenvalue weighted by Gasteiger charge is -2.36. The molecule has 1 aromatic heterocycles. The second kappa shape index (κ2) is 17.8. The maximum atomic E-state index is 11.2. The Bertz CT molecular complexity index is 1320. The van der Waals surface area contributed by atoms with Crippen LogP contribution < -0.4 is 9.64 Å². The van der Waals surface area contributed by atoms with E-state index in [9.17, 15) is 14.7 Å². The van der Waals surface area contributed by atoms with Crippen molar-refractivity contribution in [3.05, 3.63) is 95.8 Å². The molecule has 0 spiro atoms. The number of aromatic carboxylic acids is 1. The number of carboxylic acids is 2. The van der Waals surface area contributed by atoms with E-state index in [0.717, 1.165) is 88.1 Å². The Kier molecular flexibility index (Phi) is 13.3. The van der Waals surface area contributed by atoms with Crippen LogP contribution in [0.5, 0.6) is 5.75 Å². The van der Waals surface area contributed by atoms with Crippen molar-refractivity contribution >= 4 is 23.7 Å². The number of para-hydroxylation sites is 1. The Morgan fingerprint density at radius 3 is 2.34 bits per heavy atom. The molecule has 8 heteroatoms. The van der Waals surface area contributed by atoms with E-state index < -0.39 is 11.9 Å². The van der Waals surface area contributed by atoms with Gasteiger partial charge in [-0.05, 0) is 86.9 Å². The minimum Gasteiger partial charge on any atom is -0.493 e. The summed E-state index contributed by atoms with van der Waals surface area (Å²) in [6.07, 6.45) is 14.5. The number of carbonyl (C=O) groups is 2. The number of hydrogen-bond donors (Lipinski definition) is 2. The fourth-order valence-electron chi connectivity index (χ4n) is 5.61. The number of hydrogen-bond acceptors (Lipinski definition) is 6. The van der Waals surface area contributed by atoms with Gasteiger partial charge in [0.05, 0.1) is 12.2 Å². The van der Waals surface area contributed by atoms with E-state index in [0.29, 0.717) is 13.0 Å². The van der Waals surface area contributed by atoms with E-state index in [1.54, 1.807) is 12.1 Å². The first-order valence-corrected chi connectivity index (χ1v) is 15.8. The number of anilines is 1. The highest BCUT2D eigenvalue weighted by atomic mass is 16.5. The monoisotopic (exact) mass is 599 g/mol. The van der Waals surface area contributed by atoms with E-state index in [-0.39, 0.29) is 17.9 Å². The summed E-state index contributed by atoms with van der Waals surface area (Å²) < 4.78 is 6.21. The van der Waals surface area contributed by atoms with Crippen LogP contribution >= 0.6 is 0 Å². The largest absolute Gasteiger partial charge is 0.493 e. The van der Waals surface area contributed by atoms with E-state index in [4.69, 9.17) is 9.84 Å².